The summed E-state index contributed by atoms with van der Waals surface area (Å²) < 4.78 is 0. The highest BCUT2D eigenvalue weighted by Crippen LogP contribution is 2.34. The summed E-state index contributed by atoms with van der Waals surface area (Å²) in [4.78, 5) is 51.0. The first-order valence-corrected chi connectivity index (χ1v) is 8.97. The van der Waals surface area contributed by atoms with Gasteiger partial charge in [-0.2, -0.15) is 0 Å². The van der Waals surface area contributed by atoms with Gasteiger partial charge in [0.25, 0.3) is 0 Å². The number of thioether (sulfide) groups is 1. The van der Waals surface area contributed by atoms with Crippen molar-refractivity contribution in [3.05, 3.63) is 30.2 Å². The number of likely N-dealkylation sites (N-methyl/N-ethyl adjacent to an activating group) is 1. The minimum atomic E-state index is -2.29. The summed E-state index contributed by atoms with van der Waals surface area (Å²) in [6.45, 7) is 1.35. The lowest BCUT2D eigenvalue weighted by atomic mass is 9.70. The van der Waals surface area contributed by atoms with Gasteiger partial charge in [0.2, 0.25) is 0 Å². The SMILES string of the molecule is CC(=O)Sc1[nH]cnc1C[C@](N)(C(=O)O)[C@@](Cc1c[nH]cn1)(C(=O)O)N(C)C. The predicted octanol–water partition coefficient (Wildman–Crippen LogP) is -0.276. The number of nitrogens with one attached hydrogen (secondary N) is 2. The van der Waals surface area contributed by atoms with Crippen molar-refractivity contribution in [2.75, 3.05) is 14.1 Å². The summed E-state index contributed by atoms with van der Waals surface area (Å²) in [5.41, 5.74) is 2.52. The first-order valence-electron chi connectivity index (χ1n) is 8.16. The van der Waals surface area contributed by atoms with Gasteiger partial charge in [-0.05, 0) is 25.9 Å². The minimum absolute atomic E-state index is 0.194. The van der Waals surface area contributed by atoms with Crippen LogP contribution in [-0.2, 0) is 27.2 Å². The average molecular weight is 410 g/mol. The quantitative estimate of drug-likeness (QED) is 0.345. The molecule has 0 aliphatic carbocycles. The second-order valence-corrected chi connectivity index (χ2v) is 7.71. The van der Waals surface area contributed by atoms with Gasteiger partial charge in [0.15, 0.2) is 10.7 Å². The van der Waals surface area contributed by atoms with E-state index in [2.05, 4.69) is 19.9 Å². The van der Waals surface area contributed by atoms with Crippen molar-refractivity contribution in [3.8, 4) is 0 Å². The van der Waals surface area contributed by atoms with Crippen LogP contribution in [0.2, 0.25) is 0 Å². The summed E-state index contributed by atoms with van der Waals surface area (Å²) in [5, 5.41) is 20.2. The highest BCUT2D eigenvalue weighted by Gasteiger charge is 2.62. The fraction of sp³-hybridized carbons (Fsp3) is 0.438. The first kappa shape index (κ1) is 21.6. The van der Waals surface area contributed by atoms with Crippen LogP contribution in [0.4, 0.5) is 0 Å². The molecule has 28 heavy (non-hydrogen) atoms. The molecule has 0 fully saturated rings. The molecule has 0 aliphatic heterocycles. The van der Waals surface area contributed by atoms with Crippen molar-refractivity contribution >= 4 is 28.8 Å². The van der Waals surface area contributed by atoms with E-state index in [9.17, 15) is 24.6 Å². The van der Waals surface area contributed by atoms with Crippen LogP contribution in [-0.4, -0.2) is 77.3 Å². The Balaban J connectivity index is 2.60. The fourth-order valence-corrected chi connectivity index (χ4v) is 3.80. The number of aliphatic carboxylic acids is 2. The maximum atomic E-state index is 12.4. The van der Waals surface area contributed by atoms with Crippen LogP contribution in [0, 0.1) is 0 Å². The lowest BCUT2D eigenvalue weighted by molar-refractivity contribution is -0.166. The third kappa shape index (κ3) is 3.79. The Labute approximate surface area is 164 Å². The van der Waals surface area contributed by atoms with E-state index in [1.807, 2.05) is 0 Å². The zero-order valence-corrected chi connectivity index (χ0v) is 16.4. The van der Waals surface area contributed by atoms with Gasteiger partial charge in [-0.15, -0.1) is 0 Å². The van der Waals surface area contributed by atoms with Crippen molar-refractivity contribution in [2.24, 2.45) is 5.73 Å². The van der Waals surface area contributed by atoms with Crippen LogP contribution in [0.5, 0.6) is 0 Å². The summed E-state index contributed by atoms with van der Waals surface area (Å²) in [6, 6.07) is 0. The molecule has 2 rings (SSSR count). The van der Waals surface area contributed by atoms with E-state index in [1.54, 1.807) is 0 Å². The van der Waals surface area contributed by atoms with Gasteiger partial charge in [-0.25, -0.2) is 9.97 Å². The zero-order chi connectivity index (χ0) is 21.1. The average Bonchev–Trinajstić information content (AvgIpc) is 3.23. The van der Waals surface area contributed by atoms with E-state index in [1.165, 1.54) is 44.8 Å². The third-order valence-corrected chi connectivity index (χ3v) is 5.44. The number of carboxylic acids is 2. The fourth-order valence-electron chi connectivity index (χ4n) is 3.15. The first-order chi connectivity index (χ1) is 13.0. The van der Waals surface area contributed by atoms with Gasteiger partial charge < -0.3 is 25.9 Å². The normalized spacial score (nSPS) is 15.8. The molecule has 11 nitrogen and oxygen atoms in total. The molecule has 2 heterocycles. The summed E-state index contributed by atoms with van der Waals surface area (Å²) in [7, 11) is 2.89. The van der Waals surface area contributed by atoms with Gasteiger partial charge in [-0.1, -0.05) is 0 Å². The number of nitrogens with two attached hydrogens (primary N) is 1. The number of rotatable bonds is 9. The van der Waals surface area contributed by atoms with E-state index in [-0.39, 0.29) is 17.2 Å². The molecule has 0 spiro atoms. The molecule has 2 aromatic heterocycles. The molecule has 2 aromatic rings. The molecule has 0 saturated heterocycles. The molecule has 0 saturated carbocycles. The number of aromatic nitrogens is 4. The van der Waals surface area contributed by atoms with E-state index in [4.69, 9.17) is 5.73 Å². The highest BCUT2D eigenvalue weighted by atomic mass is 32.2. The van der Waals surface area contributed by atoms with Crippen LogP contribution in [0.1, 0.15) is 18.3 Å². The Hall–Kier alpha value is -2.70. The number of aromatic amines is 2. The topological polar surface area (TPSA) is 178 Å². The van der Waals surface area contributed by atoms with Crippen LogP contribution < -0.4 is 5.73 Å². The second kappa shape index (κ2) is 8.12. The lowest BCUT2D eigenvalue weighted by Gasteiger charge is -2.46. The molecule has 2 atom stereocenters. The van der Waals surface area contributed by atoms with Crippen molar-refractivity contribution in [2.45, 2.75) is 35.9 Å². The van der Waals surface area contributed by atoms with Crippen LogP contribution in [0.3, 0.4) is 0 Å². The Bertz CT molecular complexity index is 867. The zero-order valence-electron chi connectivity index (χ0n) is 15.6. The van der Waals surface area contributed by atoms with Crippen LogP contribution in [0.25, 0.3) is 0 Å². The number of carboxylic acid groups (broad SMARTS) is 2. The number of hydrogen-bond donors (Lipinski definition) is 5. The summed E-state index contributed by atoms with van der Waals surface area (Å²) in [6.07, 6.45) is 3.47. The second-order valence-electron chi connectivity index (χ2n) is 6.52. The van der Waals surface area contributed by atoms with Crippen LogP contribution >= 0.6 is 11.8 Å². The third-order valence-electron chi connectivity index (χ3n) is 4.60. The van der Waals surface area contributed by atoms with Crippen molar-refractivity contribution < 1.29 is 24.6 Å². The van der Waals surface area contributed by atoms with Crippen molar-refractivity contribution in [3.63, 3.8) is 0 Å². The highest BCUT2D eigenvalue weighted by molar-refractivity contribution is 8.13. The smallest absolute Gasteiger partial charge is 0.327 e. The summed E-state index contributed by atoms with van der Waals surface area (Å²) in [5.74, 6) is -2.93. The van der Waals surface area contributed by atoms with Gasteiger partial charge in [0, 0.05) is 26.0 Å². The van der Waals surface area contributed by atoms with Crippen molar-refractivity contribution in [1.82, 2.24) is 24.8 Å². The Kier molecular flexibility index (Phi) is 6.27. The van der Waals surface area contributed by atoms with Crippen LogP contribution in [0.15, 0.2) is 23.9 Å². The maximum absolute atomic E-state index is 12.4. The number of carbonyl (C=O) groups is 3. The molecule has 0 unspecified atom stereocenters. The molecule has 12 heteroatoms. The predicted molar refractivity (Wildman–Crippen MR) is 99.7 cm³/mol. The van der Waals surface area contributed by atoms with E-state index in [0.717, 1.165) is 11.8 Å². The molecule has 6 N–H and O–H groups in total. The molecule has 152 valence electrons. The van der Waals surface area contributed by atoms with Gasteiger partial charge >= 0.3 is 11.9 Å². The number of carbonyl (C=O) groups excluding carboxylic acids is 1. The number of H-pyrrole nitrogens is 2. The molecular formula is C16H22N6O5S. The number of nitrogens with zero attached hydrogens (tertiary/aromatic N) is 3. The van der Waals surface area contributed by atoms with E-state index in [0.29, 0.717) is 10.7 Å². The lowest BCUT2D eigenvalue weighted by Crippen LogP contribution is -2.76. The van der Waals surface area contributed by atoms with Gasteiger partial charge in [0.1, 0.15) is 10.6 Å². The molecule has 0 radical (unpaired) electrons. The van der Waals surface area contributed by atoms with Crippen molar-refractivity contribution in [1.29, 1.82) is 0 Å². The molecule has 0 aromatic carbocycles. The van der Waals surface area contributed by atoms with E-state index < -0.39 is 29.4 Å². The van der Waals surface area contributed by atoms with E-state index >= 15 is 0 Å². The Morgan fingerprint density at radius 3 is 2.32 bits per heavy atom. The maximum Gasteiger partial charge on any atom is 0.327 e. The van der Waals surface area contributed by atoms with Gasteiger partial charge in [0.05, 0.1) is 24.0 Å². The largest absolute Gasteiger partial charge is 0.480 e. The Morgan fingerprint density at radius 1 is 1.18 bits per heavy atom. The Morgan fingerprint density at radius 2 is 1.86 bits per heavy atom. The monoisotopic (exact) mass is 410 g/mol. The standard InChI is InChI=1S/C16H22N6O5S/c1-9(23)28-12-11(20-8-21-12)5-15(17,13(24)25)16(14(26)27,22(2)3)4-10-6-18-7-19-10/h6-8H,4-5,17H2,1-3H3,(H,18,19)(H,20,21)(H,24,25)(H,26,27)/t15-,16+/m0/s1. The minimum Gasteiger partial charge on any atom is -0.480 e. The summed E-state index contributed by atoms with van der Waals surface area (Å²) >= 11 is 0.833. The molecule has 0 bridgehead atoms. The molecule has 0 amide bonds. The molecular weight excluding hydrogens is 388 g/mol. The molecule has 0 aliphatic rings. The number of hydrogen-bond acceptors (Lipinski definition) is 8. The van der Waals surface area contributed by atoms with Gasteiger partial charge in [-0.3, -0.25) is 19.3 Å². The number of imidazole rings is 2.